The highest BCUT2D eigenvalue weighted by atomic mass is 35.5. The standard InChI is InChI=1S/C15H16ClN/c16-14-4-2-1-3-12(14)15-11-7-5-10(6-8-11)13(15)9-17/h1-4,10-11,13,15H,5-8H2/t10?,11?,13-,15+/m0/s1. The highest BCUT2D eigenvalue weighted by molar-refractivity contribution is 6.31. The van der Waals surface area contributed by atoms with Crippen LogP contribution in [0.2, 0.25) is 5.02 Å². The van der Waals surface area contributed by atoms with E-state index in [0.29, 0.717) is 17.8 Å². The lowest BCUT2D eigenvalue weighted by molar-refractivity contribution is 0.101. The maximum absolute atomic E-state index is 9.44. The van der Waals surface area contributed by atoms with Crippen LogP contribution in [-0.2, 0) is 0 Å². The summed E-state index contributed by atoms with van der Waals surface area (Å²) in [6.45, 7) is 0. The molecule has 2 bridgehead atoms. The van der Waals surface area contributed by atoms with Gasteiger partial charge in [0.2, 0.25) is 0 Å². The van der Waals surface area contributed by atoms with Gasteiger partial charge in [0, 0.05) is 10.9 Å². The zero-order valence-electron chi connectivity index (χ0n) is 9.77. The Morgan fingerprint density at radius 2 is 1.71 bits per heavy atom. The van der Waals surface area contributed by atoms with Gasteiger partial charge in [-0.1, -0.05) is 29.8 Å². The van der Waals surface area contributed by atoms with Crippen molar-refractivity contribution in [2.45, 2.75) is 31.6 Å². The van der Waals surface area contributed by atoms with Crippen LogP contribution in [0.4, 0.5) is 0 Å². The van der Waals surface area contributed by atoms with Crippen molar-refractivity contribution in [3.05, 3.63) is 34.9 Å². The molecule has 4 rings (SSSR count). The van der Waals surface area contributed by atoms with Gasteiger partial charge in [-0.05, 0) is 49.1 Å². The summed E-state index contributed by atoms with van der Waals surface area (Å²) in [4.78, 5) is 0. The first-order valence-corrected chi connectivity index (χ1v) is 6.83. The molecule has 1 aromatic carbocycles. The molecule has 0 saturated heterocycles. The molecule has 0 heterocycles. The third-order valence-electron chi connectivity index (χ3n) is 4.63. The zero-order chi connectivity index (χ0) is 11.8. The molecule has 1 nitrogen and oxygen atoms in total. The summed E-state index contributed by atoms with van der Waals surface area (Å²) in [7, 11) is 0. The number of fused-ring (bicyclic) bond motifs is 3. The Morgan fingerprint density at radius 3 is 2.35 bits per heavy atom. The normalized spacial score (nSPS) is 35.5. The minimum Gasteiger partial charge on any atom is -0.198 e. The number of benzene rings is 1. The fourth-order valence-corrected chi connectivity index (χ4v) is 4.09. The molecular weight excluding hydrogens is 230 g/mol. The molecule has 0 amide bonds. The average Bonchev–Trinajstić information content (AvgIpc) is 2.39. The summed E-state index contributed by atoms with van der Waals surface area (Å²) in [6, 6.07) is 10.6. The van der Waals surface area contributed by atoms with Gasteiger partial charge in [0.15, 0.2) is 0 Å². The van der Waals surface area contributed by atoms with E-state index < -0.39 is 0 Å². The second-order valence-corrected chi connectivity index (χ2v) is 5.78. The van der Waals surface area contributed by atoms with Gasteiger partial charge in [0.05, 0.1) is 12.0 Å². The first-order valence-electron chi connectivity index (χ1n) is 6.45. The summed E-state index contributed by atoms with van der Waals surface area (Å²) in [5.41, 5.74) is 1.20. The first kappa shape index (κ1) is 11.1. The van der Waals surface area contributed by atoms with Crippen molar-refractivity contribution in [3.63, 3.8) is 0 Å². The molecule has 2 heteroatoms. The van der Waals surface area contributed by atoms with Gasteiger partial charge in [-0.3, -0.25) is 0 Å². The second kappa shape index (κ2) is 4.35. The molecule has 3 aliphatic rings. The maximum Gasteiger partial charge on any atom is 0.0665 e. The van der Waals surface area contributed by atoms with Crippen molar-refractivity contribution in [1.29, 1.82) is 5.26 Å². The number of rotatable bonds is 1. The minimum absolute atomic E-state index is 0.183. The lowest BCUT2D eigenvalue weighted by atomic mass is 9.57. The van der Waals surface area contributed by atoms with Crippen molar-refractivity contribution in [2.75, 3.05) is 0 Å². The Labute approximate surface area is 107 Å². The molecule has 2 atom stereocenters. The summed E-state index contributed by atoms with van der Waals surface area (Å²) in [5.74, 6) is 1.83. The van der Waals surface area contributed by atoms with Gasteiger partial charge in [0.25, 0.3) is 0 Å². The molecule has 0 radical (unpaired) electrons. The minimum atomic E-state index is 0.183. The van der Waals surface area contributed by atoms with E-state index in [9.17, 15) is 5.26 Å². The quantitative estimate of drug-likeness (QED) is 0.720. The van der Waals surface area contributed by atoms with E-state index in [-0.39, 0.29) is 5.92 Å². The maximum atomic E-state index is 9.44. The van der Waals surface area contributed by atoms with Crippen LogP contribution in [0.3, 0.4) is 0 Å². The topological polar surface area (TPSA) is 23.8 Å². The average molecular weight is 246 g/mol. The van der Waals surface area contributed by atoms with E-state index in [0.717, 1.165) is 5.02 Å². The number of halogens is 1. The Hall–Kier alpha value is -1.00. The molecule has 3 saturated carbocycles. The van der Waals surface area contributed by atoms with Crippen molar-refractivity contribution in [2.24, 2.45) is 17.8 Å². The van der Waals surface area contributed by atoms with E-state index >= 15 is 0 Å². The number of hydrogen-bond donors (Lipinski definition) is 0. The largest absolute Gasteiger partial charge is 0.198 e. The molecule has 0 aromatic heterocycles. The number of hydrogen-bond acceptors (Lipinski definition) is 1. The van der Waals surface area contributed by atoms with Crippen LogP contribution in [0.25, 0.3) is 0 Å². The van der Waals surface area contributed by atoms with Gasteiger partial charge in [-0.15, -0.1) is 0 Å². The molecule has 3 fully saturated rings. The van der Waals surface area contributed by atoms with Gasteiger partial charge in [0.1, 0.15) is 0 Å². The van der Waals surface area contributed by atoms with Crippen molar-refractivity contribution >= 4 is 11.6 Å². The fraction of sp³-hybridized carbons (Fsp3) is 0.533. The van der Waals surface area contributed by atoms with Crippen molar-refractivity contribution in [3.8, 4) is 6.07 Å². The third-order valence-corrected chi connectivity index (χ3v) is 4.98. The van der Waals surface area contributed by atoms with E-state index in [1.54, 1.807) is 0 Å². The SMILES string of the molecule is N#C[C@H]1C2CCC(CC2)[C@@H]1c1ccccc1Cl. The Morgan fingerprint density at radius 1 is 1.06 bits per heavy atom. The highest BCUT2D eigenvalue weighted by Crippen LogP contribution is 2.54. The molecule has 1 aromatic rings. The molecule has 0 aliphatic heterocycles. The van der Waals surface area contributed by atoms with Crippen LogP contribution >= 0.6 is 11.6 Å². The van der Waals surface area contributed by atoms with Crippen LogP contribution in [0.5, 0.6) is 0 Å². The second-order valence-electron chi connectivity index (χ2n) is 5.38. The zero-order valence-corrected chi connectivity index (χ0v) is 10.5. The Kier molecular flexibility index (Phi) is 2.84. The molecule has 17 heavy (non-hydrogen) atoms. The molecular formula is C15H16ClN. The van der Waals surface area contributed by atoms with E-state index in [1.807, 2.05) is 18.2 Å². The van der Waals surface area contributed by atoms with Crippen LogP contribution < -0.4 is 0 Å². The summed E-state index contributed by atoms with van der Waals surface area (Å²) < 4.78 is 0. The summed E-state index contributed by atoms with van der Waals surface area (Å²) in [6.07, 6.45) is 5.03. The number of nitriles is 1. The molecule has 88 valence electrons. The van der Waals surface area contributed by atoms with E-state index in [1.165, 1.54) is 31.2 Å². The van der Waals surface area contributed by atoms with Crippen LogP contribution in [0.1, 0.15) is 37.2 Å². The van der Waals surface area contributed by atoms with E-state index in [4.69, 9.17) is 11.6 Å². The van der Waals surface area contributed by atoms with Gasteiger partial charge >= 0.3 is 0 Å². The predicted octanol–water partition coefficient (Wildman–Crippen LogP) is 4.38. The van der Waals surface area contributed by atoms with Crippen LogP contribution in [0.15, 0.2) is 24.3 Å². The van der Waals surface area contributed by atoms with Crippen molar-refractivity contribution < 1.29 is 0 Å². The monoisotopic (exact) mass is 245 g/mol. The van der Waals surface area contributed by atoms with Gasteiger partial charge in [-0.2, -0.15) is 5.26 Å². The van der Waals surface area contributed by atoms with Gasteiger partial charge in [-0.25, -0.2) is 0 Å². The number of nitrogens with zero attached hydrogens (tertiary/aromatic N) is 1. The smallest absolute Gasteiger partial charge is 0.0665 e. The highest BCUT2D eigenvalue weighted by Gasteiger charge is 2.44. The molecule has 0 unspecified atom stereocenters. The lowest BCUT2D eigenvalue weighted by Gasteiger charge is -2.46. The predicted molar refractivity (Wildman–Crippen MR) is 68.7 cm³/mol. The van der Waals surface area contributed by atoms with Gasteiger partial charge < -0.3 is 0 Å². The molecule has 0 spiro atoms. The summed E-state index contributed by atoms with van der Waals surface area (Å²) in [5, 5.41) is 10.3. The van der Waals surface area contributed by atoms with E-state index in [2.05, 4.69) is 12.1 Å². The third kappa shape index (κ3) is 1.76. The van der Waals surface area contributed by atoms with Crippen LogP contribution in [-0.4, -0.2) is 0 Å². The Balaban J connectivity index is 2.02. The molecule has 0 N–H and O–H groups in total. The first-order chi connectivity index (χ1) is 8.31. The van der Waals surface area contributed by atoms with Crippen LogP contribution in [0, 0.1) is 29.1 Å². The fourth-order valence-electron chi connectivity index (χ4n) is 3.83. The van der Waals surface area contributed by atoms with Crippen molar-refractivity contribution in [1.82, 2.24) is 0 Å². The summed E-state index contributed by atoms with van der Waals surface area (Å²) >= 11 is 6.31. The lowest BCUT2D eigenvalue weighted by Crippen LogP contribution is -2.37. The molecule has 3 aliphatic carbocycles. The Bertz CT molecular complexity index is 454.